The third kappa shape index (κ3) is 2.77. The van der Waals surface area contributed by atoms with E-state index in [9.17, 15) is 0 Å². The Kier molecular flexibility index (Phi) is 4.51. The minimum absolute atomic E-state index is 0.0335. The van der Waals surface area contributed by atoms with Gasteiger partial charge >= 0.3 is 0 Å². The van der Waals surface area contributed by atoms with E-state index in [-0.39, 0.29) is 18.6 Å². The van der Waals surface area contributed by atoms with E-state index in [1.165, 1.54) is 0 Å². The second-order valence-electron chi connectivity index (χ2n) is 4.73. The monoisotopic (exact) mass is 242 g/mol. The van der Waals surface area contributed by atoms with Crippen LogP contribution in [-0.2, 0) is 9.47 Å². The summed E-state index contributed by atoms with van der Waals surface area (Å²) < 4.78 is 10.6. The van der Waals surface area contributed by atoms with Crippen molar-refractivity contribution in [1.82, 2.24) is 0 Å². The summed E-state index contributed by atoms with van der Waals surface area (Å²) in [7, 11) is 3.18. The fraction of sp³-hybridized carbons (Fsp3) is 0.833. The van der Waals surface area contributed by atoms with Gasteiger partial charge in [0.2, 0.25) is 11.8 Å². The van der Waals surface area contributed by atoms with Crippen LogP contribution in [0.4, 0.5) is 0 Å². The van der Waals surface area contributed by atoms with Crippen molar-refractivity contribution in [2.75, 3.05) is 20.8 Å². The molecule has 1 heterocycles. The van der Waals surface area contributed by atoms with Gasteiger partial charge in [-0.05, 0) is 12.8 Å². The van der Waals surface area contributed by atoms with Gasteiger partial charge < -0.3 is 14.6 Å². The summed E-state index contributed by atoms with van der Waals surface area (Å²) in [5.41, 5.74) is -0.625. The molecular weight excluding hydrogens is 220 g/mol. The van der Waals surface area contributed by atoms with Crippen molar-refractivity contribution in [1.29, 1.82) is 0 Å². The number of rotatable bonds is 3. The van der Waals surface area contributed by atoms with Gasteiger partial charge in [-0.25, -0.2) is 9.98 Å². The number of methoxy groups -OCH3 is 2. The zero-order chi connectivity index (χ0) is 13.1. The molecule has 0 fully saturated rings. The van der Waals surface area contributed by atoms with Crippen LogP contribution in [-0.4, -0.2) is 49.3 Å². The van der Waals surface area contributed by atoms with Gasteiger partial charge in [-0.15, -0.1) is 0 Å². The molecule has 0 aromatic carbocycles. The summed E-state index contributed by atoms with van der Waals surface area (Å²) in [6, 6.07) is -0.110. The highest BCUT2D eigenvalue weighted by Crippen LogP contribution is 2.26. The molecule has 0 aliphatic carbocycles. The molecule has 0 radical (unpaired) electrons. The zero-order valence-electron chi connectivity index (χ0n) is 11.2. The lowest BCUT2D eigenvalue weighted by atomic mass is 9.94. The molecule has 0 aromatic heterocycles. The Hall–Kier alpha value is -1.10. The number of hydrogen-bond acceptors (Lipinski definition) is 5. The summed E-state index contributed by atoms with van der Waals surface area (Å²) in [6.07, 6.45) is 0.470. The first-order valence-electron chi connectivity index (χ1n) is 5.85. The molecule has 1 N–H and O–H groups in total. The third-order valence-electron chi connectivity index (χ3n) is 2.96. The molecule has 17 heavy (non-hydrogen) atoms. The van der Waals surface area contributed by atoms with Crippen molar-refractivity contribution in [3.63, 3.8) is 0 Å². The molecule has 5 nitrogen and oxygen atoms in total. The van der Waals surface area contributed by atoms with Crippen molar-refractivity contribution in [2.45, 2.75) is 38.8 Å². The lowest BCUT2D eigenvalue weighted by molar-refractivity contribution is 0.243. The van der Waals surface area contributed by atoms with Gasteiger partial charge in [0.15, 0.2) is 0 Å². The molecule has 0 aromatic rings. The van der Waals surface area contributed by atoms with Gasteiger partial charge in [-0.3, -0.25) is 0 Å². The second-order valence-corrected chi connectivity index (χ2v) is 4.73. The van der Waals surface area contributed by atoms with Crippen molar-refractivity contribution in [3.05, 3.63) is 0 Å². The first-order valence-corrected chi connectivity index (χ1v) is 5.85. The molecular formula is C12H22N2O3. The molecule has 1 aliphatic rings. The van der Waals surface area contributed by atoms with Crippen LogP contribution in [0, 0.1) is 5.92 Å². The van der Waals surface area contributed by atoms with Crippen LogP contribution in [0.2, 0.25) is 0 Å². The van der Waals surface area contributed by atoms with E-state index in [2.05, 4.69) is 23.8 Å². The molecule has 2 atom stereocenters. The average Bonchev–Trinajstić information content (AvgIpc) is 2.28. The average molecular weight is 242 g/mol. The number of aliphatic hydroxyl groups excluding tert-OH is 1. The highest BCUT2D eigenvalue weighted by atomic mass is 16.5. The fourth-order valence-electron chi connectivity index (χ4n) is 1.93. The minimum atomic E-state index is -0.625. The van der Waals surface area contributed by atoms with E-state index in [1.807, 2.05) is 6.92 Å². The Bertz CT molecular complexity index is 326. The summed E-state index contributed by atoms with van der Waals surface area (Å²) in [5.74, 6) is 1.46. The van der Waals surface area contributed by atoms with Crippen LogP contribution >= 0.6 is 0 Å². The van der Waals surface area contributed by atoms with E-state index < -0.39 is 5.54 Å². The number of ether oxygens (including phenoxy) is 2. The Morgan fingerprint density at radius 3 is 2.41 bits per heavy atom. The van der Waals surface area contributed by atoms with E-state index in [4.69, 9.17) is 14.6 Å². The van der Waals surface area contributed by atoms with Crippen molar-refractivity contribution < 1.29 is 14.6 Å². The molecule has 98 valence electrons. The SMILES string of the molecule is COC1=NC(C)(CCO)C(OC)=NC1C(C)C. The summed E-state index contributed by atoms with van der Waals surface area (Å²) in [6.45, 7) is 6.04. The van der Waals surface area contributed by atoms with E-state index >= 15 is 0 Å². The quantitative estimate of drug-likeness (QED) is 0.810. The highest BCUT2D eigenvalue weighted by molar-refractivity contribution is 5.96. The second kappa shape index (κ2) is 5.49. The van der Waals surface area contributed by atoms with Crippen LogP contribution in [0.1, 0.15) is 27.2 Å². The molecule has 1 rings (SSSR count). The van der Waals surface area contributed by atoms with Crippen molar-refractivity contribution >= 4 is 11.8 Å². The number of aliphatic hydroxyl groups is 1. The first-order chi connectivity index (χ1) is 7.98. The topological polar surface area (TPSA) is 63.4 Å². The van der Waals surface area contributed by atoms with E-state index in [0.717, 1.165) is 0 Å². The first kappa shape index (κ1) is 14.0. The molecule has 5 heteroatoms. The molecule has 0 saturated carbocycles. The lowest BCUT2D eigenvalue weighted by Gasteiger charge is -2.33. The standard InChI is InChI=1S/C12H22N2O3/c1-8(2)9-10(16-4)14-12(3,6-7-15)11(13-9)17-5/h8-9,15H,6-7H2,1-5H3. The van der Waals surface area contributed by atoms with E-state index in [0.29, 0.717) is 18.2 Å². The molecule has 0 bridgehead atoms. The minimum Gasteiger partial charge on any atom is -0.483 e. The smallest absolute Gasteiger partial charge is 0.212 e. The Balaban J connectivity index is 3.10. The zero-order valence-corrected chi connectivity index (χ0v) is 11.2. The predicted molar refractivity (Wildman–Crippen MR) is 67.6 cm³/mol. The Labute approximate surface area is 103 Å². The maximum absolute atomic E-state index is 9.11. The van der Waals surface area contributed by atoms with Gasteiger partial charge in [0.1, 0.15) is 11.6 Å². The number of nitrogens with zero attached hydrogens (tertiary/aromatic N) is 2. The lowest BCUT2D eigenvalue weighted by Crippen LogP contribution is -2.45. The van der Waals surface area contributed by atoms with Gasteiger partial charge in [-0.2, -0.15) is 0 Å². The number of hydrogen-bond donors (Lipinski definition) is 1. The molecule has 0 spiro atoms. The van der Waals surface area contributed by atoms with Crippen LogP contribution in [0.5, 0.6) is 0 Å². The maximum atomic E-state index is 9.11. The van der Waals surface area contributed by atoms with Crippen LogP contribution in [0.3, 0.4) is 0 Å². The number of aliphatic imine (C=N–C) groups is 2. The third-order valence-corrected chi connectivity index (χ3v) is 2.96. The van der Waals surface area contributed by atoms with Crippen LogP contribution in [0.25, 0.3) is 0 Å². The summed E-state index contributed by atoms with van der Waals surface area (Å²) in [5, 5.41) is 9.11. The van der Waals surface area contributed by atoms with Gasteiger partial charge in [0, 0.05) is 13.0 Å². The molecule has 0 saturated heterocycles. The Morgan fingerprint density at radius 1 is 1.35 bits per heavy atom. The van der Waals surface area contributed by atoms with Crippen LogP contribution < -0.4 is 0 Å². The summed E-state index contributed by atoms with van der Waals surface area (Å²) in [4.78, 5) is 9.11. The fourth-order valence-corrected chi connectivity index (χ4v) is 1.93. The molecule has 0 amide bonds. The van der Waals surface area contributed by atoms with Gasteiger partial charge in [0.05, 0.1) is 14.2 Å². The van der Waals surface area contributed by atoms with Crippen molar-refractivity contribution in [2.24, 2.45) is 15.9 Å². The van der Waals surface area contributed by atoms with Gasteiger partial charge in [0.25, 0.3) is 0 Å². The van der Waals surface area contributed by atoms with Gasteiger partial charge in [-0.1, -0.05) is 13.8 Å². The van der Waals surface area contributed by atoms with Crippen molar-refractivity contribution in [3.8, 4) is 0 Å². The predicted octanol–water partition coefficient (Wildman–Crippen LogP) is 1.26. The van der Waals surface area contributed by atoms with E-state index in [1.54, 1.807) is 14.2 Å². The summed E-state index contributed by atoms with van der Waals surface area (Å²) >= 11 is 0. The molecule has 2 unspecified atom stereocenters. The van der Waals surface area contributed by atoms with Crippen LogP contribution in [0.15, 0.2) is 9.98 Å². The largest absolute Gasteiger partial charge is 0.483 e. The normalized spacial score (nSPS) is 28.8. The maximum Gasteiger partial charge on any atom is 0.212 e. The highest BCUT2D eigenvalue weighted by Gasteiger charge is 2.39. The Morgan fingerprint density at radius 2 is 2.00 bits per heavy atom. The molecule has 1 aliphatic heterocycles.